The van der Waals surface area contributed by atoms with Crippen molar-refractivity contribution in [2.75, 3.05) is 0 Å². The Morgan fingerprint density at radius 3 is 3.11 bits per heavy atom. The molecule has 0 saturated heterocycles. The van der Waals surface area contributed by atoms with Gasteiger partial charge < -0.3 is 10.5 Å². The van der Waals surface area contributed by atoms with Crippen LogP contribution in [0.1, 0.15) is 36.6 Å². The number of nitrogens with two attached hydrogens (primary N) is 1. The average molecular weight is 261 g/mol. The van der Waals surface area contributed by atoms with Crippen LogP contribution < -0.4 is 10.5 Å². The van der Waals surface area contributed by atoms with Gasteiger partial charge >= 0.3 is 0 Å². The molecule has 19 heavy (non-hydrogen) atoms. The summed E-state index contributed by atoms with van der Waals surface area (Å²) in [5.74, 6) is 0.226. The number of hydrogen-bond donors (Lipinski definition) is 1. The summed E-state index contributed by atoms with van der Waals surface area (Å²) in [5, 5.41) is 4.23. The van der Waals surface area contributed by atoms with Crippen molar-refractivity contribution >= 4 is 0 Å². The zero-order chi connectivity index (χ0) is 13.4. The van der Waals surface area contributed by atoms with E-state index in [0.717, 1.165) is 17.7 Å². The quantitative estimate of drug-likeness (QED) is 0.904. The van der Waals surface area contributed by atoms with Gasteiger partial charge in [0.2, 0.25) is 0 Å². The Kier molecular flexibility index (Phi) is 2.98. The Morgan fingerprint density at radius 1 is 1.53 bits per heavy atom. The second kappa shape index (κ2) is 4.66. The molecule has 5 heteroatoms. The largest absolute Gasteiger partial charge is 0.485 e. The first kappa shape index (κ1) is 12.2. The lowest BCUT2D eigenvalue weighted by Gasteiger charge is -2.29. The monoisotopic (exact) mass is 261 g/mol. The van der Waals surface area contributed by atoms with Crippen LogP contribution in [0.15, 0.2) is 30.6 Å². The molecule has 1 unspecified atom stereocenters. The molecule has 4 nitrogen and oxygen atoms in total. The molecule has 3 rings (SSSR count). The first-order chi connectivity index (χ1) is 9.17. The predicted molar refractivity (Wildman–Crippen MR) is 69.2 cm³/mol. The van der Waals surface area contributed by atoms with Crippen molar-refractivity contribution in [1.29, 1.82) is 0 Å². The van der Waals surface area contributed by atoms with Gasteiger partial charge in [-0.2, -0.15) is 5.10 Å². The molecule has 1 aromatic carbocycles. The second-order valence-corrected chi connectivity index (χ2v) is 4.76. The Morgan fingerprint density at radius 2 is 2.37 bits per heavy atom. The SMILES string of the molecule is CCn1cc(C2C[C@H](N)c3ccc(F)cc3O2)cn1. The fourth-order valence-electron chi connectivity index (χ4n) is 2.40. The number of aryl methyl sites for hydroxylation is 1. The van der Waals surface area contributed by atoms with Crippen molar-refractivity contribution in [3.05, 3.63) is 47.5 Å². The summed E-state index contributed by atoms with van der Waals surface area (Å²) in [7, 11) is 0. The smallest absolute Gasteiger partial charge is 0.129 e. The van der Waals surface area contributed by atoms with Crippen LogP contribution in [0.3, 0.4) is 0 Å². The predicted octanol–water partition coefficient (Wildman–Crippen LogP) is 2.57. The van der Waals surface area contributed by atoms with Crippen LogP contribution >= 0.6 is 0 Å². The van der Waals surface area contributed by atoms with E-state index < -0.39 is 0 Å². The summed E-state index contributed by atoms with van der Waals surface area (Å²) < 4.78 is 21.0. The van der Waals surface area contributed by atoms with Crippen LogP contribution in [-0.2, 0) is 6.54 Å². The lowest BCUT2D eigenvalue weighted by molar-refractivity contribution is 0.160. The maximum absolute atomic E-state index is 13.3. The van der Waals surface area contributed by atoms with Crippen LogP contribution in [0.5, 0.6) is 5.75 Å². The number of benzene rings is 1. The van der Waals surface area contributed by atoms with Crippen LogP contribution in [-0.4, -0.2) is 9.78 Å². The molecule has 1 aliphatic heterocycles. The minimum Gasteiger partial charge on any atom is -0.485 e. The number of aromatic nitrogens is 2. The molecule has 1 aliphatic rings. The normalized spacial score (nSPS) is 21.8. The number of ether oxygens (including phenoxy) is 1. The standard InChI is InChI=1S/C14H16FN3O/c1-2-18-8-9(7-17-18)13-6-12(16)11-4-3-10(15)5-14(11)19-13/h3-5,7-8,12-13H,2,6,16H2,1H3/t12-,13?/m0/s1. The number of hydrogen-bond acceptors (Lipinski definition) is 3. The Hall–Kier alpha value is -1.88. The Bertz CT molecular complexity index is 596. The first-order valence-electron chi connectivity index (χ1n) is 6.41. The highest BCUT2D eigenvalue weighted by Gasteiger charge is 2.28. The highest BCUT2D eigenvalue weighted by Crippen LogP contribution is 2.39. The van der Waals surface area contributed by atoms with E-state index in [2.05, 4.69) is 5.10 Å². The molecule has 0 amide bonds. The van der Waals surface area contributed by atoms with Gasteiger partial charge in [0.15, 0.2) is 0 Å². The van der Waals surface area contributed by atoms with Gasteiger partial charge in [-0.25, -0.2) is 4.39 Å². The van der Waals surface area contributed by atoms with Crippen molar-refractivity contribution in [2.45, 2.75) is 32.0 Å². The van der Waals surface area contributed by atoms with E-state index in [0.29, 0.717) is 12.2 Å². The van der Waals surface area contributed by atoms with Crippen molar-refractivity contribution < 1.29 is 9.13 Å². The highest BCUT2D eigenvalue weighted by molar-refractivity contribution is 5.39. The molecule has 0 bridgehead atoms. The van der Waals surface area contributed by atoms with Gasteiger partial charge in [-0.3, -0.25) is 4.68 Å². The molecule has 2 atom stereocenters. The maximum atomic E-state index is 13.3. The van der Waals surface area contributed by atoms with E-state index in [-0.39, 0.29) is 18.0 Å². The number of halogens is 1. The summed E-state index contributed by atoms with van der Waals surface area (Å²) in [6, 6.07) is 4.36. The molecule has 0 spiro atoms. The minimum absolute atomic E-state index is 0.140. The van der Waals surface area contributed by atoms with E-state index in [1.165, 1.54) is 12.1 Å². The lowest BCUT2D eigenvalue weighted by atomic mass is 9.95. The van der Waals surface area contributed by atoms with Gasteiger partial charge in [-0.15, -0.1) is 0 Å². The number of rotatable bonds is 2. The maximum Gasteiger partial charge on any atom is 0.129 e. The van der Waals surface area contributed by atoms with Gasteiger partial charge in [0, 0.05) is 42.4 Å². The summed E-state index contributed by atoms with van der Waals surface area (Å²) in [5.41, 5.74) is 7.97. The molecule has 2 N–H and O–H groups in total. The number of fused-ring (bicyclic) bond motifs is 1. The molecule has 2 heterocycles. The molecule has 0 radical (unpaired) electrons. The van der Waals surface area contributed by atoms with E-state index in [4.69, 9.17) is 10.5 Å². The van der Waals surface area contributed by atoms with E-state index in [1.807, 2.05) is 17.8 Å². The van der Waals surface area contributed by atoms with Crippen LogP contribution in [0.2, 0.25) is 0 Å². The van der Waals surface area contributed by atoms with Crippen molar-refractivity contribution in [3.8, 4) is 5.75 Å². The van der Waals surface area contributed by atoms with Gasteiger partial charge in [-0.05, 0) is 13.0 Å². The molecule has 0 saturated carbocycles. The third kappa shape index (κ3) is 2.21. The van der Waals surface area contributed by atoms with Crippen LogP contribution in [0, 0.1) is 5.82 Å². The molecule has 0 fully saturated rings. The highest BCUT2D eigenvalue weighted by atomic mass is 19.1. The molecule has 1 aromatic heterocycles. The zero-order valence-electron chi connectivity index (χ0n) is 10.7. The van der Waals surface area contributed by atoms with Gasteiger partial charge in [0.05, 0.1) is 6.20 Å². The fourth-order valence-corrected chi connectivity index (χ4v) is 2.40. The molecular weight excluding hydrogens is 245 g/mol. The molecule has 2 aromatic rings. The van der Waals surface area contributed by atoms with Crippen LogP contribution in [0.25, 0.3) is 0 Å². The van der Waals surface area contributed by atoms with Gasteiger partial charge in [0.25, 0.3) is 0 Å². The number of nitrogens with zero attached hydrogens (tertiary/aromatic N) is 2. The zero-order valence-corrected chi connectivity index (χ0v) is 10.7. The van der Waals surface area contributed by atoms with Crippen LogP contribution in [0.4, 0.5) is 4.39 Å². The third-order valence-corrected chi connectivity index (χ3v) is 3.46. The third-order valence-electron chi connectivity index (χ3n) is 3.46. The average Bonchev–Trinajstić information content (AvgIpc) is 2.86. The summed E-state index contributed by atoms with van der Waals surface area (Å²) >= 11 is 0. The van der Waals surface area contributed by atoms with Gasteiger partial charge in [0.1, 0.15) is 17.7 Å². The fraction of sp³-hybridized carbons (Fsp3) is 0.357. The summed E-state index contributed by atoms with van der Waals surface area (Å²) in [6.45, 7) is 2.83. The minimum atomic E-state index is -0.309. The molecular formula is C14H16FN3O. The van der Waals surface area contributed by atoms with Crippen molar-refractivity contribution in [2.24, 2.45) is 5.73 Å². The van der Waals surface area contributed by atoms with E-state index in [1.54, 1.807) is 12.3 Å². The molecule has 100 valence electrons. The molecule has 0 aliphatic carbocycles. The summed E-state index contributed by atoms with van der Waals surface area (Å²) in [4.78, 5) is 0. The lowest BCUT2D eigenvalue weighted by Crippen LogP contribution is -2.24. The van der Waals surface area contributed by atoms with E-state index >= 15 is 0 Å². The Balaban J connectivity index is 1.91. The van der Waals surface area contributed by atoms with Crippen molar-refractivity contribution in [1.82, 2.24) is 9.78 Å². The first-order valence-corrected chi connectivity index (χ1v) is 6.41. The van der Waals surface area contributed by atoms with Crippen molar-refractivity contribution in [3.63, 3.8) is 0 Å². The van der Waals surface area contributed by atoms with Gasteiger partial charge in [-0.1, -0.05) is 6.07 Å². The Labute approximate surface area is 111 Å². The summed E-state index contributed by atoms with van der Waals surface area (Å²) in [6.07, 6.45) is 4.24. The van der Waals surface area contributed by atoms with E-state index in [9.17, 15) is 4.39 Å². The second-order valence-electron chi connectivity index (χ2n) is 4.76. The topological polar surface area (TPSA) is 53.1 Å².